The molecule has 10 rings (SSSR count). The van der Waals surface area contributed by atoms with Crippen molar-refractivity contribution in [2.75, 3.05) is 4.90 Å². The molecule has 0 N–H and O–H groups in total. The first-order valence-corrected chi connectivity index (χ1v) is 19.6. The third kappa shape index (κ3) is 6.46. The fourth-order valence-electron chi connectivity index (χ4n) is 8.42. The predicted molar refractivity (Wildman–Crippen MR) is 243 cm³/mol. The van der Waals surface area contributed by atoms with Gasteiger partial charge in [-0.15, -0.1) is 0 Å². The van der Waals surface area contributed by atoms with Gasteiger partial charge in [0.1, 0.15) is 0 Å². The Morgan fingerprint density at radius 2 is 0.579 bits per heavy atom. The van der Waals surface area contributed by atoms with E-state index in [1.165, 1.54) is 77.2 Å². The molecule has 0 heterocycles. The monoisotopic (exact) mass is 725 g/mol. The molecule has 0 fully saturated rings. The lowest BCUT2D eigenvalue weighted by atomic mass is 9.85. The van der Waals surface area contributed by atoms with Crippen LogP contribution in [0.2, 0.25) is 0 Å². The molecule has 0 bridgehead atoms. The van der Waals surface area contributed by atoms with E-state index in [2.05, 4.69) is 241 Å². The molecule has 0 spiro atoms. The molecular formula is C56H39N. The molecule has 0 aliphatic carbocycles. The Labute approximate surface area is 334 Å². The number of benzene rings is 10. The van der Waals surface area contributed by atoms with Gasteiger partial charge in [-0.1, -0.05) is 200 Å². The van der Waals surface area contributed by atoms with Crippen LogP contribution < -0.4 is 4.90 Å². The Bertz CT molecular complexity index is 2970. The largest absolute Gasteiger partial charge is 0.310 e. The Balaban J connectivity index is 1.15. The molecule has 10 aromatic rings. The summed E-state index contributed by atoms with van der Waals surface area (Å²) in [5.74, 6) is 0. The summed E-state index contributed by atoms with van der Waals surface area (Å²) in [4.78, 5) is 2.39. The minimum absolute atomic E-state index is 1.09. The van der Waals surface area contributed by atoms with Crippen LogP contribution >= 0.6 is 0 Å². The van der Waals surface area contributed by atoms with Gasteiger partial charge in [0.05, 0.1) is 0 Å². The second-order valence-electron chi connectivity index (χ2n) is 14.5. The standard InChI is InChI=1S/C56H39N/c1-4-17-40(18-5-1)41-31-35-46(36-32-41)57(47-37-33-43(34-38-47)50-26-11-10-25-49(50)42-19-6-2-7-20-42)48-24-16-23-45(39-48)56-54-30-15-13-28-52(54)51-27-12-14-29-53(51)55(56)44-21-8-3-9-22-44/h1-39H. The zero-order valence-corrected chi connectivity index (χ0v) is 31.5. The fourth-order valence-corrected chi connectivity index (χ4v) is 8.42. The molecule has 1 heteroatoms. The summed E-state index contributed by atoms with van der Waals surface area (Å²) in [5, 5.41) is 5.02. The van der Waals surface area contributed by atoms with Crippen molar-refractivity contribution in [1.82, 2.24) is 0 Å². The van der Waals surface area contributed by atoms with Crippen molar-refractivity contribution in [2.45, 2.75) is 0 Å². The van der Waals surface area contributed by atoms with E-state index in [0.29, 0.717) is 0 Å². The maximum atomic E-state index is 2.39. The number of hydrogen-bond donors (Lipinski definition) is 0. The number of nitrogens with zero attached hydrogens (tertiary/aromatic N) is 1. The second kappa shape index (κ2) is 15.0. The first kappa shape index (κ1) is 34.0. The Kier molecular flexibility index (Phi) is 8.95. The van der Waals surface area contributed by atoms with E-state index < -0.39 is 0 Å². The zero-order valence-electron chi connectivity index (χ0n) is 31.5. The number of anilines is 3. The van der Waals surface area contributed by atoms with E-state index in [9.17, 15) is 0 Å². The third-order valence-electron chi connectivity index (χ3n) is 11.1. The van der Waals surface area contributed by atoms with E-state index in [-0.39, 0.29) is 0 Å². The molecule has 0 unspecified atom stereocenters. The molecule has 0 aliphatic heterocycles. The lowest BCUT2D eigenvalue weighted by Gasteiger charge is -2.27. The summed E-state index contributed by atoms with van der Waals surface area (Å²) in [7, 11) is 0. The van der Waals surface area contributed by atoms with Crippen molar-refractivity contribution < 1.29 is 0 Å². The van der Waals surface area contributed by atoms with Gasteiger partial charge in [0.25, 0.3) is 0 Å². The van der Waals surface area contributed by atoms with Gasteiger partial charge in [0, 0.05) is 17.1 Å². The molecular weight excluding hydrogens is 687 g/mol. The van der Waals surface area contributed by atoms with Crippen molar-refractivity contribution >= 4 is 38.6 Å². The molecule has 0 radical (unpaired) electrons. The van der Waals surface area contributed by atoms with Gasteiger partial charge < -0.3 is 4.90 Å². The third-order valence-corrected chi connectivity index (χ3v) is 11.1. The summed E-state index contributed by atoms with van der Waals surface area (Å²) in [6, 6.07) is 85.6. The lowest BCUT2D eigenvalue weighted by Crippen LogP contribution is -2.10. The normalized spacial score (nSPS) is 11.2. The Hall–Kier alpha value is -7.48. The van der Waals surface area contributed by atoms with Crippen LogP contribution in [-0.4, -0.2) is 0 Å². The highest BCUT2D eigenvalue weighted by atomic mass is 15.1. The van der Waals surface area contributed by atoms with E-state index in [1.54, 1.807) is 0 Å². The number of rotatable bonds is 8. The van der Waals surface area contributed by atoms with Gasteiger partial charge in [-0.3, -0.25) is 0 Å². The fraction of sp³-hybridized carbons (Fsp3) is 0. The van der Waals surface area contributed by atoms with Gasteiger partial charge >= 0.3 is 0 Å². The van der Waals surface area contributed by atoms with Crippen LogP contribution in [0.5, 0.6) is 0 Å². The van der Waals surface area contributed by atoms with Gasteiger partial charge in [0.15, 0.2) is 0 Å². The summed E-state index contributed by atoms with van der Waals surface area (Å²) < 4.78 is 0. The van der Waals surface area contributed by atoms with Crippen LogP contribution in [0.4, 0.5) is 17.1 Å². The number of fused-ring (bicyclic) bond motifs is 3. The molecule has 0 atom stereocenters. The van der Waals surface area contributed by atoms with E-state index in [0.717, 1.165) is 17.1 Å². The van der Waals surface area contributed by atoms with Gasteiger partial charge in [-0.2, -0.15) is 0 Å². The molecule has 0 saturated carbocycles. The molecule has 1 nitrogen and oxygen atoms in total. The van der Waals surface area contributed by atoms with Gasteiger partial charge in [-0.25, -0.2) is 0 Å². The van der Waals surface area contributed by atoms with Crippen LogP contribution in [-0.2, 0) is 0 Å². The van der Waals surface area contributed by atoms with Crippen LogP contribution in [0.1, 0.15) is 0 Å². The molecule has 57 heavy (non-hydrogen) atoms. The molecule has 268 valence electrons. The van der Waals surface area contributed by atoms with E-state index >= 15 is 0 Å². The van der Waals surface area contributed by atoms with E-state index in [4.69, 9.17) is 0 Å². The molecule has 10 aromatic carbocycles. The van der Waals surface area contributed by atoms with Crippen LogP contribution in [0.15, 0.2) is 237 Å². The minimum atomic E-state index is 1.09. The molecule has 0 saturated heterocycles. The van der Waals surface area contributed by atoms with Crippen LogP contribution in [0, 0.1) is 0 Å². The maximum Gasteiger partial charge on any atom is 0.0467 e. The average Bonchev–Trinajstić information content (AvgIpc) is 3.30. The van der Waals surface area contributed by atoms with Crippen molar-refractivity contribution in [1.29, 1.82) is 0 Å². The predicted octanol–water partition coefficient (Wildman–Crippen LogP) is 15.8. The van der Waals surface area contributed by atoms with Crippen molar-refractivity contribution in [2.24, 2.45) is 0 Å². The first-order valence-electron chi connectivity index (χ1n) is 19.6. The highest BCUT2D eigenvalue weighted by molar-refractivity contribution is 6.21. The van der Waals surface area contributed by atoms with Crippen molar-refractivity contribution in [3.05, 3.63) is 237 Å². The quantitative estimate of drug-likeness (QED) is 0.141. The zero-order chi connectivity index (χ0) is 38.0. The van der Waals surface area contributed by atoms with E-state index in [1.807, 2.05) is 0 Å². The van der Waals surface area contributed by atoms with Gasteiger partial charge in [0.2, 0.25) is 0 Å². The highest BCUT2D eigenvalue weighted by Crippen LogP contribution is 2.46. The Morgan fingerprint density at radius 1 is 0.211 bits per heavy atom. The summed E-state index contributed by atoms with van der Waals surface area (Å²) in [6.45, 7) is 0. The van der Waals surface area contributed by atoms with Crippen molar-refractivity contribution in [3.63, 3.8) is 0 Å². The average molecular weight is 726 g/mol. The number of hydrogen-bond acceptors (Lipinski definition) is 1. The second-order valence-corrected chi connectivity index (χ2v) is 14.5. The lowest BCUT2D eigenvalue weighted by molar-refractivity contribution is 1.28. The van der Waals surface area contributed by atoms with Crippen LogP contribution in [0.3, 0.4) is 0 Å². The SMILES string of the molecule is c1ccc(-c2ccc(N(c3ccc(-c4ccccc4-c4ccccc4)cc3)c3cccc(-c4c(-c5ccccc5)c5ccccc5c5ccccc45)c3)cc2)cc1. The first-order chi connectivity index (χ1) is 28.3. The highest BCUT2D eigenvalue weighted by Gasteiger charge is 2.20. The Morgan fingerprint density at radius 3 is 1.12 bits per heavy atom. The molecule has 0 amide bonds. The summed E-state index contributed by atoms with van der Waals surface area (Å²) in [5.41, 5.74) is 15.4. The van der Waals surface area contributed by atoms with Gasteiger partial charge in [-0.05, 0) is 114 Å². The minimum Gasteiger partial charge on any atom is -0.310 e. The summed E-state index contributed by atoms with van der Waals surface area (Å²) >= 11 is 0. The molecule has 0 aromatic heterocycles. The summed E-state index contributed by atoms with van der Waals surface area (Å²) in [6.07, 6.45) is 0. The maximum absolute atomic E-state index is 2.39. The molecule has 0 aliphatic rings. The smallest absolute Gasteiger partial charge is 0.0467 e. The van der Waals surface area contributed by atoms with Crippen LogP contribution in [0.25, 0.3) is 77.2 Å². The topological polar surface area (TPSA) is 3.24 Å². The van der Waals surface area contributed by atoms with Crippen molar-refractivity contribution in [3.8, 4) is 55.6 Å².